The molecule has 0 saturated heterocycles. The summed E-state index contributed by atoms with van der Waals surface area (Å²) in [4.78, 5) is 22.3. The van der Waals surface area contributed by atoms with Crippen molar-refractivity contribution in [2.24, 2.45) is 5.73 Å². The predicted octanol–water partition coefficient (Wildman–Crippen LogP) is 0.787. The molecular weight excluding hydrogens is 230 g/mol. The van der Waals surface area contributed by atoms with Gasteiger partial charge in [0.1, 0.15) is 0 Å². The van der Waals surface area contributed by atoms with Gasteiger partial charge in [-0.25, -0.2) is 0 Å². The summed E-state index contributed by atoms with van der Waals surface area (Å²) in [5.74, 6) is -0.524. The van der Waals surface area contributed by atoms with E-state index in [0.717, 1.165) is 11.3 Å². The number of nitrogens with one attached hydrogen (secondary N) is 2. The number of amides is 2. The number of hydrogen-bond donors (Lipinski definition) is 3. The second-order valence-electron chi connectivity index (χ2n) is 4.37. The molecule has 18 heavy (non-hydrogen) atoms. The smallest absolute Gasteiger partial charge is 0.238 e. The van der Waals surface area contributed by atoms with Crippen LogP contribution in [0.2, 0.25) is 0 Å². The Morgan fingerprint density at radius 2 is 1.89 bits per heavy atom. The number of anilines is 1. The number of rotatable bonds is 6. The first-order valence-electron chi connectivity index (χ1n) is 5.85. The third-order valence-electron chi connectivity index (χ3n) is 2.45. The van der Waals surface area contributed by atoms with Crippen molar-refractivity contribution in [1.29, 1.82) is 0 Å². The van der Waals surface area contributed by atoms with Crippen molar-refractivity contribution in [2.75, 3.05) is 11.9 Å². The zero-order valence-electron chi connectivity index (χ0n) is 10.7. The second kappa shape index (κ2) is 6.76. The first kappa shape index (κ1) is 14.2. The molecule has 0 radical (unpaired) electrons. The predicted molar refractivity (Wildman–Crippen MR) is 71.1 cm³/mol. The summed E-state index contributed by atoms with van der Waals surface area (Å²) < 4.78 is 0. The third-order valence-corrected chi connectivity index (χ3v) is 2.45. The summed E-state index contributed by atoms with van der Waals surface area (Å²) in [7, 11) is 0. The second-order valence-corrected chi connectivity index (χ2v) is 4.37. The van der Waals surface area contributed by atoms with Crippen LogP contribution in [0.15, 0.2) is 24.3 Å². The van der Waals surface area contributed by atoms with E-state index in [-0.39, 0.29) is 30.8 Å². The van der Waals surface area contributed by atoms with Crippen molar-refractivity contribution in [3.63, 3.8) is 0 Å². The van der Waals surface area contributed by atoms with Crippen molar-refractivity contribution in [1.82, 2.24) is 5.32 Å². The fourth-order valence-corrected chi connectivity index (χ4v) is 1.48. The van der Waals surface area contributed by atoms with Crippen LogP contribution in [-0.4, -0.2) is 24.4 Å². The van der Waals surface area contributed by atoms with Gasteiger partial charge in [0.05, 0.1) is 6.54 Å². The van der Waals surface area contributed by atoms with Gasteiger partial charge in [-0.3, -0.25) is 9.59 Å². The monoisotopic (exact) mass is 249 g/mol. The molecule has 5 nitrogen and oxygen atoms in total. The molecule has 1 unspecified atom stereocenters. The van der Waals surface area contributed by atoms with E-state index in [9.17, 15) is 9.59 Å². The molecule has 1 aromatic carbocycles. The molecule has 0 spiro atoms. The van der Waals surface area contributed by atoms with E-state index >= 15 is 0 Å². The number of carbonyl (C=O) groups excluding carboxylic acids is 2. The van der Waals surface area contributed by atoms with E-state index < -0.39 is 0 Å². The molecule has 0 aliphatic heterocycles. The summed E-state index contributed by atoms with van der Waals surface area (Å²) in [5, 5.41) is 5.69. The van der Waals surface area contributed by atoms with Crippen LogP contribution in [0.4, 0.5) is 5.69 Å². The highest BCUT2D eigenvalue weighted by molar-refractivity contribution is 5.92. The molecule has 0 aromatic heterocycles. The minimum absolute atomic E-state index is 0.105. The molecular formula is C13H19N3O2. The largest absolute Gasteiger partial charge is 0.370 e. The van der Waals surface area contributed by atoms with E-state index in [1.54, 1.807) is 0 Å². The topological polar surface area (TPSA) is 84.2 Å². The molecule has 1 rings (SSSR count). The van der Waals surface area contributed by atoms with E-state index in [1.165, 1.54) is 0 Å². The van der Waals surface area contributed by atoms with Crippen molar-refractivity contribution >= 4 is 17.5 Å². The summed E-state index contributed by atoms with van der Waals surface area (Å²) >= 11 is 0. The van der Waals surface area contributed by atoms with Crippen molar-refractivity contribution < 1.29 is 9.59 Å². The highest BCUT2D eigenvalue weighted by Gasteiger charge is 2.08. The maximum atomic E-state index is 11.6. The SMILES string of the molecule is Cc1ccc(NC(=O)CNC(C)CC(N)=O)cc1. The molecule has 0 saturated carbocycles. The molecule has 4 N–H and O–H groups in total. The average Bonchev–Trinajstić information content (AvgIpc) is 2.29. The summed E-state index contributed by atoms with van der Waals surface area (Å²) in [5.41, 5.74) is 6.96. The number of carbonyl (C=O) groups is 2. The minimum atomic E-state index is -0.381. The maximum absolute atomic E-state index is 11.6. The van der Waals surface area contributed by atoms with E-state index in [1.807, 2.05) is 38.1 Å². The number of hydrogen-bond acceptors (Lipinski definition) is 3. The number of benzene rings is 1. The number of aryl methyl sites for hydroxylation is 1. The lowest BCUT2D eigenvalue weighted by atomic mass is 10.2. The van der Waals surface area contributed by atoms with E-state index in [4.69, 9.17) is 5.73 Å². The minimum Gasteiger partial charge on any atom is -0.370 e. The van der Waals surface area contributed by atoms with Gasteiger partial charge in [0, 0.05) is 18.2 Å². The summed E-state index contributed by atoms with van der Waals surface area (Å²) in [6.07, 6.45) is 0.220. The molecule has 5 heteroatoms. The Labute approximate surface area is 107 Å². The molecule has 2 amide bonds. The van der Waals surface area contributed by atoms with Gasteiger partial charge in [-0.15, -0.1) is 0 Å². The molecule has 0 aliphatic rings. The van der Waals surface area contributed by atoms with Crippen LogP contribution < -0.4 is 16.4 Å². The zero-order valence-corrected chi connectivity index (χ0v) is 10.7. The van der Waals surface area contributed by atoms with E-state index in [0.29, 0.717) is 0 Å². The average molecular weight is 249 g/mol. The van der Waals surface area contributed by atoms with Gasteiger partial charge in [0.15, 0.2) is 0 Å². The van der Waals surface area contributed by atoms with Crippen LogP contribution in [0.1, 0.15) is 18.9 Å². The summed E-state index contributed by atoms with van der Waals surface area (Å²) in [6.45, 7) is 3.95. The quantitative estimate of drug-likeness (QED) is 0.696. The first-order chi connectivity index (χ1) is 8.47. The van der Waals surface area contributed by atoms with Crippen molar-refractivity contribution in [2.45, 2.75) is 26.3 Å². The van der Waals surface area contributed by atoms with Gasteiger partial charge in [0.2, 0.25) is 11.8 Å². The molecule has 1 atom stereocenters. The van der Waals surface area contributed by atoms with Crippen molar-refractivity contribution in [3.05, 3.63) is 29.8 Å². The Kier molecular flexibility index (Phi) is 5.32. The van der Waals surface area contributed by atoms with Crippen molar-refractivity contribution in [3.8, 4) is 0 Å². The van der Waals surface area contributed by atoms with E-state index in [2.05, 4.69) is 10.6 Å². The van der Waals surface area contributed by atoms with Gasteiger partial charge in [-0.1, -0.05) is 17.7 Å². The van der Waals surface area contributed by atoms with Crippen LogP contribution in [-0.2, 0) is 9.59 Å². The fourth-order valence-electron chi connectivity index (χ4n) is 1.48. The van der Waals surface area contributed by atoms with Gasteiger partial charge >= 0.3 is 0 Å². The lowest BCUT2D eigenvalue weighted by Gasteiger charge is -2.11. The number of primary amides is 1. The Morgan fingerprint density at radius 3 is 2.44 bits per heavy atom. The maximum Gasteiger partial charge on any atom is 0.238 e. The lowest BCUT2D eigenvalue weighted by Crippen LogP contribution is -2.36. The van der Waals surface area contributed by atoms with Gasteiger partial charge in [-0.05, 0) is 26.0 Å². The standard InChI is InChI=1S/C13H19N3O2/c1-9-3-5-11(6-4-9)16-13(18)8-15-10(2)7-12(14)17/h3-6,10,15H,7-8H2,1-2H3,(H2,14,17)(H,16,18). The van der Waals surface area contributed by atoms with Gasteiger partial charge in [-0.2, -0.15) is 0 Å². The van der Waals surface area contributed by atoms with Crippen LogP contribution in [0.25, 0.3) is 0 Å². The molecule has 98 valence electrons. The molecule has 0 fully saturated rings. The van der Waals surface area contributed by atoms with Crippen LogP contribution in [0.5, 0.6) is 0 Å². The molecule has 0 bridgehead atoms. The molecule has 1 aromatic rings. The Morgan fingerprint density at radius 1 is 1.28 bits per heavy atom. The lowest BCUT2D eigenvalue weighted by molar-refractivity contribution is -0.119. The number of nitrogens with two attached hydrogens (primary N) is 1. The van der Waals surface area contributed by atoms with Crippen LogP contribution in [0.3, 0.4) is 0 Å². The van der Waals surface area contributed by atoms with Gasteiger partial charge in [0.25, 0.3) is 0 Å². The molecule has 0 heterocycles. The zero-order chi connectivity index (χ0) is 13.5. The first-order valence-corrected chi connectivity index (χ1v) is 5.85. The van der Waals surface area contributed by atoms with Crippen LogP contribution >= 0.6 is 0 Å². The highest BCUT2D eigenvalue weighted by Crippen LogP contribution is 2.07. The Bertz CT molecular complexity index is 415. The third kappa shape index (κ3) is 5.45. The van der Waals surface area contributed by atoms with Crippen LogP contribution in [0, 0.1) is 6.92 Å². The van der Waals surface area contributed by atoms with Gasteiger partial charge < -0.3 is 16.4 Å². The normalized spacial score (nSPS) is 11.9. The molecule has 0 aliphatic carbocycles. The fraction of sp³-hybridized carbons (Fsp3) is 0.385. The Balaban J connectivity index is 2.33. The Hall–Kier alpha value is -1.88. The highest BCUT2D eigenvalue weighted by atomic mass is 16.2. The summed E-state index contributed by atoms with van der Waals surface area (Å²) in [6, 6.07) is 7.45.